The lowest BCUT2D eigenvalue weighted by atomic mass is 9.54. The van der Waals surface area contributed by atoms with E-state index < -0.39 is 0 Å². The first-order valence-electron chi connectivity index (χ1n) is 12.2. The average Bonchev–Trinajstić information content (AvgIpc) is 3.00. The van der Waals surface area contributed by atoms with Gasteiger partial charge < -0.3 is 15.5 Å². The van der Waals surface area contributed by atoms with Gasteiger partial charge in [-0.2, -0.15) is 0 Å². The Morgan fingerprint density at radius 1 is 1.03 bits per heavy atom. The van der Waals surface area contributed by atoms with E-state index in [0.717, 1.165) is 38.8 Å². The summed E-state index contributed by atoms with van der Waals surface area (Å²) >= 11 is 0. The quantitative estimate of drug-likeness (QED) is 0.594. The van der Waals surface area contributed by atoms with Crippen LogP contribution in [0.1, 0.15) is 57.6 Å². The van der Waals surface area contributed by atoms with Crippen molar-refractivity contribution < 1.29 is 4.79 Å². The molecule has 1 saturated carbocycles. The Morgan fingerprint density at radius 3 is 2.53 bits per heavy atom. The van der Waals surface area contributed by atoms with Crippen LogP contribution in [-0.2, 0) is 16.6 Å². The van der Waals surface area contributed by atoms with E-state index >= 15 is 0 Å². The molecule has 0 aromatic heterocycles. The smallest absolute Gasteiger partial charge is 0.221 e. The van der Waals surface area contributed by atoms with Crippen molar-refractivity contribution in [3.05, 3.63) is 65.7 Å². The second kappa shape index (κ2) is 9.27. The maximum atomic E-state index is 12.7. The highest BCUT2D eigenvalue weighted by Crippen LogP contribution is 2.59. The molecule has 4 rings (SSSR count). The van der Waals surface area contributed by atoms with Gasteiger partial charge in [0.1, 0.15) is 0 Å². The molecule has 4 heteroatoms. The van der Waals surface area contributed by atoms with E-state index in [1.807, 2.05) is 0 Å². The lowest BCUT2D eigenvalue weighted by Gasteiger charge is -2.53. The Labute approximate surface area is 193 Å². The summed E-state index contributed by atoms with van der Waals surface area (Å²) in [6, 6.07) is 20.0. The van der Waals surface area contributed by atoms with Crippen molar-refractivity contribution in [2.75, 3.05) is 25.0 Å². The summed E-state index contributed by atoms with van der Waals surface area (Å²) in [5, 5.41) is 6.80. The van der Waals surface area contributed by atoms with Crippen molar-refractivity contribution >= 4 is 11.6 Å². The van der Waals surface area contributed by atoms with Gasteiger partial charge in [0, 0.05) is 43.2 Å². The van der Waals surface area contributed by atoms with Gasteiger partial charge >= 0.3 is 0 Å². The number of aryl methyl sites for hydroxylation is 1. The number of benzene rings is 2. The highest BCUT2D eigenvalue weighted by atomic mass is 16.1. The van der Waals surface area contributed by atoms with E-state index in [-0.39, 0.29) is 22.8 Å². The van der Waals surface area contributed by atoms with E-state index in [1.165, 1.54) is 16.8 Å². The third-order valence-corrected chi connectivity index (χ3v) is 8.20. The van der Waals surface area contributed by atoms with Crippen LogP contribution in [0.5, 0.6) is 0 Å². The van der Waals surface area contributed by atoms with Crippen molar-refractivity contribution in [2.24, 2.45) is 5.41 Å². The van der Waals surface area contributed by atoms with Crippen LogP contribution in [0, 0.1) is 5.41 Å². The fraction of sp³-hybridized carbons (Fsp3) is 0.536. The molecule has 0 radical (unpaired) electrons. The zero-order valence-electron chi connectivity index (χ0n) is 20.2. The molecule has 1 amide bonds. The predicted molar refractivity (Wildman–Crippen MR) is 133 cm³/mol. The number of nitrogens with one attached hydrogen (secondary N) is 2. The molecular weight excluding hydrogens is 394 g/mol. The molecule has 0 spiro atoms. The first-order chi connectivity index (χ1) is 15.3. The number of carbonyl (C=O) groups is 1. The van der Waals surface area contributed by atoms with Gasteiger partial charge in [-0.1, -0.05) is 69.3 Å². The minimum absolute atomic E-state index is 0.0971. The van der Waals surface area contributed by atoms with E-state index in [2.05, 4.69) is 97.9 Å². The van der Waals surface area contributed by atoms with Gasteiger partial charge in [-0.3, -0.25) is 4.79 Å². The molecule has 1 aliphatic heterocycles. The zero-order chi connectivity index (χ0) is 22.8. The molecule has 172 valence electrons. The normalized spacial score (nSPS) is 25.8. The van der Waals surface area contributed by atoms with Gasteiger partial charge in [-0.15, -0.1) is 0 Å². The Balaban J connectivity index is 1.26. The third kappa shape index (κ3) is 4.30. The first-order valence-corrected chi connectivity index (χ1v) is 12.2. The Kier molecular flexibility index (Phi) is 6.62. The largest absolute Gasteiger partial charge is 0.370 e. The topological polar surface area (TPSA) is 44.4 Å². The van der Waals surface area contributed by atoms with Crippen LogP contribution < -0.4 is 15.5 Å². The molecule has 2 aromatic rings. The predicted octanol–water partition coefficient (Wildman–Crippen LogP) is 4.68. The summed E-state index contributed by atoms with van der Waals surface area (Å²) in [5.41, 5.74) is 4.38. The maximum absolute atomic E-state index is 12.7. The Bertz CT molecular complexity index is 925. The second-order valence-corrected chi connectivity index (χ2v) is 10.5. The number of likely N-dealkylation sites (N-methyl/N-ethyl adjacent to an activating group) is 1. The van der Waals surface area contributed by atoms with E-state index in [1.54, 1.807) is 0 Å². The third-order valence-electron chi connectivity index (χ3n) is 8.20. The molecule has 1 heterocycles. The fourth-order valence-electron chi connectivity index (χ4n) is 6.14. The van der Waals surface area contributed by atoms with Crippen LogP contribution in [0.3, 0.4) is 0 Å². The molecule has 2 N–H and O–H groups in total. The van der Waals surface area contributed by atoms with Gasteiger partial charge in [0.25, 0.3) is 0 Å². The summed E-state index contributed by atoms with van der Waals surface area (Å²) in [5.74, 6) is 0.170. The molecule has 0 saturated heterocycles. The number of fused-ring (bicyclic) bond motifs is 3. The molecule has 2 aliphatic rings. The standard InChI is InChI=1S/C28H39N3O/c1-27(2)20-22(19-25-28(27,3)23-14-8-9-15-24(23)31(25)4)30-26(32)16-18-29-17-10-13-21-11-6-5-7-12-21/h5-9,11-12,14-15,22,25,29H,10,13,16-20H2,1-4H3,(H,30,32)/t22-,25?,28?/m1/s1. The molecule has 2 unspecified atom stereocenters. The van der Waals surface area contributed by atoms with Gasteiger partial charge in [0.05, 0.1) is 0 Å². The first kappa shape index (κ1) is 22.8. The summed E-state index contributed by atoms with van der Waals surface area (Å²) in [7, 11) is 2.22. The number of rotatable bonds is 8. The number of carbonyl (C=O) groups excluding carboxylic acids is 1. The van der Waals surface area contributed by atoms with Crippen LogP contribution in [0.2, 0.25) is 0 Å². The van der Waals surface area contributed by atoms with Crippen molar-refractivity contribution in [3.8, 4) is 0 Å². The van der Waals surface area contributed by atoms with Gasteiger partial charge in [-0.05, 0) is 54.8 Å². The number of para-hydroxylation sites is 1. The minimum atomic E-state index is 0.0971. The number of amides is 1. The summed E-state index contributed by atoms with van der Waals surface area (Å²) in [4.78, 5) is 15.1. The molecule has 2 aromatic carbocycles. The molecule has 1 fully saturated rings. The van der Waals surface area contributed by atoms with Gasteiger partial charge in [0.2, 0.25) is 5.91 Å². The Hall–Kier alpha value is -2.33. The number of hydrogen-bond acceptors (Lipinski definition) is 3. The highest BCUT2D eigenvalue weighted by Gasteiger charge is 2.58. The van der Waals surface area contributed by atoms with Crippen LogP contribution in [0.25, 0.3) is 0 Å². The number of hydrogen-bond donors (Lipinski definition) is 2. The molecular formula is C28H39N3O. The lowest BCUT2D eigenvalue weighted by molar-refractivity contribution is -0.122. The molecule has 4 nitrogen and oxygen atoms in total. The van der Waals surface area contributed by atoms with E-state index in [9.17, 15) is 4.79 Å². The van der Waals surface area contributed by atoms with Crippen molar-refractivity contribution in [1.29, 1.82) is 0 Å². The molecule has 3 atom stereocenters. The second-order valence-electron chi connectivity index (χ2n) is 10.5. The van der Waals surface area contributed by atoms with Crippen LogP contribution in [0.4, 0.5) is 5.69 Å². The fourth-order valence-corrected chi connectivity index (χ4v) is 6.14. The molecule has 1 aliphatic carbocycles. The van der Waals surface area contributed by atoms with Crippen LogP contribution in [-0.4, -0.2) is 38.1 Å². The number of nitrogens with zero attached hydrogens (tertiary/aromatic N) is 1. The highest BCUT2D eigenvalue weighted by molar-refractivity contribution is 5.76. The monoisotopic (exact) mass is 433 g/mol. The van der Waals surface area contributed by atoms with E-state index in [0.29, 0.717) is 12.5 Å². The Morgan fingerprint density at radius 2 is 1.75 bits per heavy atom. The zero-order valence-corrected chi connectivity index (χ0v) is 20.2. The van der Waals surface area contributed by atoms with Crippen molar-refractivity contribution in [2.45, 2.75) is 70.4 Å². The van der Waals surface area contributed by atoms with Crippen LogP contribution in [0.15, 0.2) is 54.6 Å². The minimum Gasteiger partial charge on any atom is -0.370 e. The lowest BCUT2D eigenvalue weighted by Crippen LogP contribution is -2.59. The number of anilines is 1. The SMILES string of the molecule is CN1c2ccccc2C2(C)C1C[C@@H](NC(=O)CCNCCCc1ccccc1)CC2(C)C. The van der Waals surface area contributed by atoms with Crippen LogP contribution >= 0.6 is 0 Å². The van der Waals surface area contributed by atoms with Gasteiger partial charge in [-0.25, -0.2) is 0 Å². The van der Waals surface area contributed by atoms with Gasteiger partial charge in [0.15, 0.2) is 0 Å². The maximum Gasteiger partial charge on any atom is 0.221 e. The summed E-state index contributed by atoms with van der Waals surface area (Å²) < 4.78 is 0. The van der Waals surface area contributed by atoms with E-state index in [4.69, 9.17) is 0 Å². The summed E-state index contributed by atoms with van der Waals surface area (Å²) in [6.07, 6.45) is 4.73. The molecule has 0 bridgehead atoms. The van der Waals surface area contributed by atoms with Crippen molar-refractivity contribution in [1.82, 2.24) is 10.6 Å². The van der Waals surface area contributed by atoms with Crippen molar-refractivity contribution in [3.63, 3.8) is 0 Å². The average molecular weight is 434 g/mol. The summed E-state index contributed by atoms with van der Waals surface area (Å²) in [6.45, 7) is 8.87. The molecule has 32 heavy (non-hydrogen) atoms.